The monoisotopic (exact) mass is 887 g/mol. The Labute approximate surface area is 374 Å². The molecule has 4 N–H and O–H groups in total. The normalized spacial score (nSPS) is 41.0. The van der Waals surface area contributed by atoms with Crippen molar-refractivity contribution < 1.29 is 53.4 Å². The van der Waals surface area contributed by atoms with Gasteiger partial charge in [-0.15, -0.1) is 0 Å². The van der Waals surface area contributed by atoms with E-state index in [2.05, 4.69) is 26.1 Å². The largest absolute Gasteiger partial charge is 0.481 e. The van der Waals surface area contributed by atoms with Crippen LogP contribution in [0.15, 0.2) is 36.4 Å². The maximum atomic E-state index is 14.7. The van der Waals surface area contributed by atoms with Crippen LogP contribution in [0.3, 0.4) is 0 Å². The van der Waals surface area contributed by atoms with Gasteiger partial charge in [-0.2, -0.15) is 0 Å². The molecule has 5 aliphatic rings. The van der Waals surface area contributed by atoms with Gasteiger partial charge in [-0.1, -0.05) is 85.2 Å². The summed E-state index contributed by atoms with van der Waals surface area (Å²) in [7, 11) is 0. The van der Waals surface area contributed by atoms with Crippen LogP contribution >= 0.6 is 11.6 Å². The van der Waals surface area contributed by atoms with E-state index < -0.39 is 89.0 Å². The Balaban J connectivity index is 1.26. The highest BCUT2D eigenvalue weighted by atomic mass is 35.5. The molecule has 13 heteroatoms. The van der Waals surface area contributed by atoms with Crippen molar-refractivity contribution in [3.05, 3.63) is 47.0 Å². The Hall–Kier alpha value is -2.42. The fourth-order valence-electron chi connectivity index (χ4n) is 11.5. The van der Waals surface area contributed by atoms with Crippen molar-refractivity contribution in [3.8, 4) is 0 Å². The van der Waals surface area contributed by atoms with E-state index in [4.69, 9.17) is 35.3 Å². The Bertz CT molecular complexity index is 1790. The number of ether oxygens (including phenoxy) is 5. The molecule has 2 spiro atoms. The number of Topliss-reactive ketones (excluding diaryl/α,β-unsaturated/α-hetero) is 1. The number of aliphatic hydroxyl groups excluding tert-OH is 1. The molecule has 1 aromatic carbocycles. The van der Waals surface area contributed by atoms with Gasteiger partial charge >= 0.3 is 5.97 Å². The smallest absolute Gasteiger partial charge is 0.309 e. The molecule has 1 unspecified atom stereocenters. The molecule has 6 rings (SSSR count). The zero-order valence-electron chi connectivity index (χ0n) is 38.6. The van der Waals surface area contributed by atoms with Gasteiger partial charge in [0.05, 0.1) is 64.3 Å². The molecule has 4 fully saturated rings. The lowest BCUT2D eigenvalue weighted by molar-refractivity contribution is -0.397. The molecular weight excluding hydrogens is 814 g/mol. The number of hydrogen-bond donors (Lipinski definition) is 4. The minimum Gasteiger partial charge on any atom is -0.481 e. The van der Waals surface area contributed by atoms with Crippen LogP contribution in [0, 0.1) is 41.4 Å². The molecule has 1 amide bonds. The summed E-state index contributed by atoms with van der Waals surface area (Å²) in [4.78, 5) is 40.6. The van der Waals surface area contributed by atoms with Crippen molar-refractivity contribution in [2.24, 2.45) is 41.4 Å². The molecule has 0 aliphatic carbocycles. The summed E-state index contributed by atoms with van der Waals surface area (Å²) in [6.07, 6.45) is 6.26. The first-order valence-corrected chi connectivity index (χ1v) is 23.9. The van der Waals surface area contributed by atoms with E-state index >= 15 is 0 Å². The number of carbonyl (C=O) groups excluding carboxylic acids is 2. The maximum Gasteiger partial charge on any atom is 0.309 e. The molecule has 0 aromatic heterocycles. The van der Waals surface area contributed by atoms with E-state index in [1.54, 1.807) is 31.2 Å². The molecule has 18 atom stereocenters. The first-order valence-electron chi connectivity index (χ1n) is 23.5. The van der Waals surface area contributed by atoms with E-state index in [9.17, 15) is 29.7 Å². The number of carboxylic acid groups (broad SMARTS) is 1. The van der Waals surface area contributed by atoms with Crippen LogP contribution in [0.25, 0.3) is 0 Å². The van der Waals surface area contributed by atoms with Crippen molar-refractivity contribution in [2.45, 2.75) is 199 Å². The van der Waals surface area contributed by atoms with Crippen LogP contribution in [-0.4, -0.2) is 98.4 Å². The van der Waals surface area contributed by atoms with Crippen molar-refractivity contribution in [1.82, 2.24) is 5.32 Å². The van der Waals surface area contributed by atoms with Crippen molar-refractivity contribution >= 4 is 29.3 Å². The zero-order valence-corrected chi connectivity index (χ0v) is 39.4. The zero-order chi connectivity index (χ0) is 45.5. The standard InChI is InChI=1S/C49H74ClNO11/c1-11-33(45(55)56)37-19-18-27(4)42(59-37)31(8)40(52)30(7)41(53)34(12-2)43-28(5)26-29(6)48(60-43)23-20-38(51-44(54)35-16-14-15-17-36(35)50)49(62-48)25-24-46(10,61-49)39-21-22-47(57,13-3)32(9)58-39/h14-17,20,23,27-34,37-40,42-43,52,57H,11-13,18-19,21-22,24-26H2,1-10H3,(H,51,54)(H,55,56)/t27-,28-,29+,30-,31-,32-,33+,34-,37+,38?,39+,40+,42+,43-,46-,47+,48-,49-/m0/s1. The Morgan fingerprint density at radius 2 is 1.60 bits per heavy atom. The molecular formula is C49H74ClNO11. The van der Waals surface area contributed by atoms with Crippen LogP contribution < -0.4 is 5.32 Å². The lowest BCUT2D eigenvalue weighted by Gasteiger charge is -2.55. The highest BCUT2D eigenvalue weighted by molar-refractivity contribution is 6.33. The fraction of sp³-hybridized carbons (Fsp3) is 0.776. The van der Waals surface area contributed by atoms with Gasteiger partial charge in [-0.25, -0.2) is 0 Å². The van der Waals surface area contributed by atoms with E-state index in [-0.39, 0.29) is 35.5 Å². The quantitative estimate of drug-likeness (QED) is 0.133. The molecule has 348 valence electrons. The van der Waals surface area contributed by atoms with E-state index in [0.29, 0.717) is 68.4 Å². The van der Waals surface area contributed by atoms with Crippen LogP contribution in [0.4, 0.5) is 0 Å². The SMILES string of the molecule is CC[C@@H](C(=O)[C@@H](C)[C@@H](O)[C@H](C)[C@@H]1O[C@@H]([C@@H](CC)C(=O)O)CC[C@@H]1C)[C@H]1O[C@]2(C=CC(NC(=O)c3ccccc3Cl)[C@]3(CC[C@@](C)([C@H]4CC[C@](O)(CC)[C@H](C)O4)O3)O2)[C@H](C)C[C@@H]1C. The predicted molar refractivity (Wildman–Crippen MR) is 235 cm³/mol. The maximum absolute atomic E-state index is 14.7. The second-order valence-corrected chi connectivity index (χ2v) is 20.3. The molecule has 4 saturated heterocycles. The van der Waals surface area contributed by atoms with Gasteiger partial charge in [0.25, 0.3) is 5.91 Å². The second kappa shape index (κ2) is 19.2. The van der Waals surface area contributed by atoms with Crippen molar-refractivity contribution in [3.63, 3.8) is 0 Å². The lowest BCUT2D eigenvalue weighted by Crippen LogP contribution is -2.65. The minimum atomic E-state index is -1.39. The summed E-state index contributed by atoms with van der Waals surface area (Å²) in [5.74, 6) is -6.57. The van der Waals surface area contributed by atoms with Crippen molar-refractivity contribution in [2.75, 3.05) is 0 Å². The average Bonchev–Trinajstić information content (AvgIpc) is 3.58. The predicted octanol–water partition coefficient (Wildman–Crippen LogP) is 8.28. The van der Waals surface area contributed by atoms with Gasteiger partial charge < -0.3 is 44.3 Å². The average molecular weight is 889 g/mol. The number of hydrogen-bond acceptors (Lipinski definition) is 10. The van der Waals surface area contributed by atoms with Crippen LogP contribution in [-0.2, 0) is 33.3 Å². The molecule has 1 aromatic rings. The number of aliphatic hydroxyl groups is 2. The number of benzene rings is 1. The third-order valence-electron chi connectivity index (χ3n) is 15.9. The second-order valence-electron chi connectivity index (χ2n) is 19.9. The van der Waals surface area contributed by atoms with E-state index in [0.717, 1.165) is 6.42 Å². The Kier molecular flexibility index (Phi) is 15.2. The molecule has 0 radical (unpaired) electrons. The topological polar surface area (TPSA) is 170 Å². The molecule has 0 bridgehead atoms. The minimum absolute atomic E-state index is 0.0365. The van der Waals surface area contributed by atoms with Crippen LogP contribution in [0.1, 0.15) is 144 Å². The number of carboxylic acids is 1. The summed E-state index contributed by atoms with van der Waals surface area (Å²) >= 11 is 6.49. The molecule has 5 aliphatic heterocycles. The molecule has 5 heterocycles. The van der Waals surface area contributed by atoms with Crippen LogP contribution in [0.5, 0.6) is 0 Å². The summed E-state index contributed by atoms with van der Waals surface area (Å²) in [6, 6.07) is 6.13. The number of ketones is 1. The Morgan fingerprint density at radius 1 is 0.903 bits per heavy atom. The first-order chi connectivity index (χ1) is 29.2. The highest BCUT2D eigenvalue weighted by Crippen LogP contribution is 2.54. The third kappa shape index (κ3) is 9.33. The number of rotatable bonds is 14. The third-order valence-corrected chi connectivity index (χ3v) is 16.2. The van der Waals surface area contributed by atoms with Gasteiger partial charge in [-0.05, 0) is 102 Å². The number of aliphatic carboxylic acids is 1. The summed E-state index contributed by atoms with van der Waals surface area (Å²) < 4.78 is 34.6. The van der Waals surface area contributed by atoms with Gasteiger partial charge in [0.1, 0.15) is 11.8 Å². The number of nitrogens with one attached hydrogen (secondary N) is 1. The van der Waals surface area contributed by atoms with E-state index in [1.165, 1.54) is 0 Å². The fourth-order valence-corrected chi connectivity index (χ4v) is 11.8. The molecule has 12 nitrogen and oxygen atoms in total. The van der Waals surface area contributed by atoms with Gasteiger partial charge in [0, 0.05) is 30.1 Å². The van der Waals surface area contributed by atoms with Gasteiger partial charge in [-0.3, -0.25) is 14.4 Å². The highest BCUT2D eigenvalue weighted by Gasteiger charge is 2.63. The first kappa shape index (κ1) is 49.0. The lowest BCUT2D eigenvalue weighted by atomic mass is 9.72. The van der Waals surface area contributed by atoms with E-state index in [1.807, 2.05) is 53.7 Å². The molecule has 62 heavy (non-hydrogen) atoms. The number of halogens is 1. The number of amides is 1. The summed E-state index contributed by atoms with van der Waals surface area (Å²) in [5.41, 5.74) is -1.44. The summed E-state index contributed by atoms with van der Waals surface area (Å²) in [6.45, 7) is 19.6. The van der Waals surface area contributed by atoms with Gasteiger partial charge in [0.15, 0.2) is 11.6 Å². The Morgan fingerprint density at radius 3 is 2.23 bits per heavy atom. The van der Waals surface area contributed by atoms with Gasteiger partial charge in [0.2, 0.25) is 0 Å². The van der Waals surface area contributed by atoms with Crippen LogP contribution in [0.2, 0.25) is 5.02 Å². The molecule has 0 saturated carbocycles. The van der Waals surface area contributed by atoms with Crippen molar-refractivity contribution in [1.29, 1.82) is 0 Å². The number of carbonyl (C=O) groups is 3. The summed E-state index contributed by atoms with van der Waals surface area (Å²) in [5, 5.41) is 36.5.